The number of hydrogen-bond donors (Lipinski definition) is 3. The smallest absolute Gasteiger partial charge is 0.325 e. The number of anilines is 2. The second-order valence-corrected chi connectivity index (χ2v) is 8.76. The van der Waals surface area contributed by atoms with Gasteiger partial charge in [-0.15, -0.1) is 0 Å². The van der Waals surface area contributed by atoms with Crippen molar-refractivity contribution in [1.82, 2.24) is 14.9 Å². The minimum absolute atomic E-state index is 0.167. The molecule has 3 N–H and O–H groups in total. The van der Waals surface area contributed by atoms with Gasteiger partial charge < -0.3 is 20.3 Å². The van der Waals surface area contributed by atoms with Gasteiger partial charge in [-0.25, -0.2) is 4.98 Å². The van der Waals surface area contributed by atoms with Crippen LogP contribution in [-0.4, -0.2) is 58.0 Å². The molecule has 2 aromatic heterocycles. The third-order valence-corrected chi connectivity index (χ3v) is 6.48. The van der Waals surface area contributed by atoms with Crippen LogP contribution in [0.1, 0.15) is 24.1 Å². The maximum absolute atomic E-state index is 12.4. The molecule has 3 heterocycles. The fraction of sp³-hybridized carbons (Fsp3) is 0.269. The first-order valence-electron chi connectivity index (χ1n) is 11.4. The highest BCUT2D eigenvalue weighted by atomic mass is 16.4. The molecular weight excluding hydrogens is 430 g/mol. The number of aliphatic carboxylic acids is 1. The normalized spacial score (nSPS) is 15.5. The average molecular weight is 458 g/mol. The molecule has 34 heavy (non-hydrogen) atoms. The van der Waals surface area contributed by atoms with Crippen molar-refractivity contribution in [2.24, 2.45) is 0 Å². The van der Waals surface area contributed by atoms with E-state index in [2.05, 4.69) is 34.3 Å². The quantitative estimate of drug-likeness (QED) is 0.420. The molecule has 0 aliphatic carbocycles. The fourth-order valence-electron chi connectivity index (χ4n) is 4.84. The van der Waals surface area contributed by atoms with Crippen molar-refractivity contribution in [3.63, 3.8) is 0 Å². The van der Waals surface area contributed by atoms with E-state index in [-0.39, 0.29) is 5.91 Å². The summed E-state index contributed by atoms with van der Waals surface area (Å²) in [5.74, 6) is -0.131. The summed E-state index contributed by atoms with van der Waals surface area (Å²) in [7, 11) is 0. The van der Waals surface area contributed by atoms with Gasteiger partial charge in [0.25, 0.3) is 0 Å². The lowest BCUT2D eigenvalue weighted by Gasteiger charge is -2.38. The largest absolute Gasteiger partial charge is 0.480 e. The predicted molar refractivity (Wildman–Crippen MR) is 133 cm³/mol. The molecule has 1 atom stereocenters. The van der Waals surface area contributed by atoms with Crippen LogP contribution in [0.5, 0.6) is 0 Å². The Morgan fingerprint density at radius 3 is 2.56 bits per heavy atom. The Bertz CT molecular complexity index is 1390. The highest BCUT2D eigenvalue weighted by molar-refractivity contribution is 5.95. The number of carbonyl (C=O) groups excluding carboxylic acids is 1. The van der Waals surface area contributed by atoms with Crippen molar-refractivity contribution < 1.29 is 14.7 Å². The summed E-state index contributed by atoms with van der Waals surface area (Å²) >= 11 is 0. The molecule has 1 saturated heterocycles. The van der Waals surface area contributed by atoms with Crippen LogP contribution < -0.4 is 10.2 Å². The highest BCUT2D eigenvalue weighted by Crippen LogP contribution is 2.32. The predicted octanol–water partition coefficient (Wildman–Crippen LogP) is 3.93. The number of piperazine rings is 1. The number of nitrogens with zero attached hydrogens (tertiary/aromatic N) is 3. The molecule has 8 heteroatoms. The molecule has 1 amide bonds. The van der Waals surface area contributed by atoms with Gasteiger partial charge >= 0.3 is 5.97 Å². The maximum Gasteiger partial charge on any atom is 0.325 e. The van der Waals surface area contributed by atoms with Crippen molar-refractivity contribution in [3.8, 4) is 0 Å². The number of carboxylic acids is 1. The first-order chi connectivity index (χ1) is 16.4. The minimum atomic E-state index is -0.890. The summed E-state index contributed by atoms with van der Waals surface area (Å²) in [6.45, 7) is 6.12. The van der Waals surface area contributed by atoms with E-state index in [0.29, 0.717) is 37.4 Å². The molecule has 174 valence electrons. The first-order valence-corrected chi connectivity index (χ1v) is 11.4. The van der Waals surface area contributed by atoms with Gasteiger partial charge in [0.1, 0.15) is 11.9 Å². The fourth-order valence-corrected chi connectivity index (χ4v) is 4.84. The van der Waals surface area contributed by atoms with Crippen molar-refractivity contribution in [2.75, 3.05) is 36.4 Å². The van der Waals surface area contributed by atoms with Crippen LogP contribution in [0.15, 0.2) is 54.7 Å². The summed E-state index contributed by atoms with van der Waals surface area (Å²) in [6.07, 6.45) is 1.77. The van der Waals surface area contributed by atoms with Crippen LogP contribution in [0.3, 0.4) is 0 Å². The van der Waals surface area contributed by atoms with E-state index in [1.807, 2.05) is 35.2 Å². The number of aromatic nitrogens is 2. The third kappa shape index (κ3) is 4.08. The number of pyridine rings is 1. The van der Waals surface area contributed by atoms with Gasteiger partial charge in [-0.2, -0.15) is 0 Å². The van der Waals surface area contributed by atoms with Crippen LogP contribution in [0.2, 0.25) is 0 Å². The average Bonchev–Trinajstić information content (AvgIpc) is 3.22. The van der Waals surface area contributed by atoms with Gasteiger partial charge in [-0.1, -0.05) is 18.2 Å². The third-order valence-electron chi connectivity index (χ3n) is 6.48. The van der Waals surface area contributed by atoms with Crippen LogP contribution in [0, 0.1) is 6.92 Å². The van der Waals surface area contributed by atoms with E-state index in [1.54, 1.807) is 12.3 Å². The SMILES string of the molecule is CC(=O)Nc1ccc2[nH]cc([C@@H](C(=O)O)N3CCN(c4cc(C)c5ccccc5n4)CC3)c2c1. The van der Waals surface area contributed by atoms with Crippen LogP contribution >= 0.6 is 0 Å². The van der Waals surface area contributed by atoms with Crippen LogP contribution in [-0.2, 0) is 9.59 Å². The first kappa shape index (κ1) is 21.9. The molecule has 8 nitrogen and oxygen atoms in total. The van der Waals surface area contributed by atoms with E-state index >= 15 is 0 Å². The number of carboxylic acid groups (broad SMARTS) is 1. The number of nitrogens with one attached hydrogen (secondary N) is 2. The lowest BCUT2D eigenvalue weighted by molar-refractivity contribution is -0.143. The molecule has 0 saturated carbocycles. The van der Waals surface area contributed by atoms with E-state index in [4.69, 9.17) is 4.98 Å². The number of amides is 1. The van der Waals surface area contributed by atoms with E-state index in [9.17, 15) is 14.7 Å². The lowest BCUT2D eigenvalue weighted by Crippen LogP contribution is -2.49. The number of H-pyrrole nitrogens is 1. The number of fused-ring (bicyclic) bond motifs is 2. The molecule has 1 aliphatic rings. The second kappa shape index (κ2) is 8.79. The molecule has 1 aliphatic heterocycles. The van der Waals surface area contributed by atoms with Gasteiger partial charge in [0.15, 0.2) is 0 Å². The zero-order valence-electron chi connectivity index (χ0n) is 19.2. The van der Waals surface area contributed by atoms with Gasteiger partial charge in [0.2, 0.25) is 5.91 Å². The van der Waals surface area contributed by atoms with Crippen molar-refractivity contribution >= 4 is 45.2 Å². The van der Waals surface area contributed by atoms with Gasteiger partial charge in [-0.05, 0) is 42.8 Å². The maximum atomic E-state index is 12.4. The number of aryl methyl sites for hydroxylation is 1. The number of benzene rings is 2. The Balaban J connectivity index is 1.39. The molecule has 4 aromatic rings. The zero-order valence-corrected chi connectivity index (χ0v) is 19.2. The number of para-hydroxylation sites is 1. The Morgan fingerprint density at radius 2 is 1.82 bits per heavy atom. The molecule has 0 bridgehead atoms. The molecule has 1 fully saturated rings. The summed E-state index contributed by atoms with van der Waals surface area (Å²) in [6, 6.07) is 14.9. The molecule has 0 radical (unpaired) electrons. The number of rotatable bonds is 5. The number of carbonyl (C=O) groups is 2. The molecule has 0 spiro atoms. The summed E-state index contributed by atoms with van der Waals surface area (Å²) < 4.78 is 0. The van der Waals surface area contributed by atoms with E-state index in [1.165, 1.54) is 12.5 Å². The summed E-state index contributed by atoms with van der Waals surface area (Å²) in [5, 5.41) is 14.9. The van der Waals surface area contributed by atoms with Crippen molar-refractivity contribution in [3.05, 3.63) is 65.9 Å². The molecule has 5 rings (SSSR count). The Labute approximate surface area is 197 Å². The summed E-state index contributed by atoms with van der Waals surface area (Å²) in [5.41, 5.74) is 4.33. The highest BCUT2D eigenvalue weighted by Gasteiger charge is 2.32. The standard InChI is InChI=1S/C26H27N5O3/c1-16-13-24(29-23-6-4-3-5-19(16)23)30-9-11-31(12-10-30)25(26(33)34)21-15-27-22-8-7-18(14-20(21)22)28-17(2)32/h3-8,13-15,25,27H,9-12H2,1-2H3,(H,28,32)(H,33,34)/t25-/m0/s1. The second-order valence-electron chi connectivity index (χ2n) is 8.76. The topological polar surface area (TPSA) is 102 Å². The van der Waals surface area contributed by atoms with Gasteiger partial charge in [-0.3, -0.25) is 14.5 Å². The van der Waals surface area contributed by atoms with Gasteiger partial charge in [0, 0.05) is 66.8 Å². The van der Waals surface area contributed by atoms with Crippen molar-refractivity contribution in [1.29, 1.82) is 0 Å². The van der Waals surface area contributed by atoms with E-state index < -0.39 is 12.0 Å². The van der Waals surface area contributed by atoms with Gasteiger partial charge in [0.05, 0.1) is 5.52 Å². The summed E-state index contributed by atoms with van der Waals surface area (Å²) in [4.78, 5) is 36.1. The number of aromatic amines is 1. The monoisotopic (exact) mass is 457 g/mol. The van der Waals surface area contributed by atoms with Crippen LogP contribution in [0.4, 0.5) is 11.5 Å². The lowest BCUT2D eigenvalue weighted by atomic mass is 10.0. The Hall–Kier alpha value is -3.91. The molecule has 0 unspecified atom stereocenters. The van der Waals surface area contributed by atoms with E-state index in [0.717, 1.165) is 27.6 Å². The van der Waals surface area contributed by atoms with Crippen LogP contribution in [0.25, 0.3) is 21.8 Å². The number of hydrogen-bond acceptors (Lipinski definition) is 5. The molecule has 2 aromatic carbocycles. The Kier molecular flexibility index (Phi) is 5.67. The minimum Gasteiger partial charge on any atom is -0.480 e. The Morgan fingerprint density at radius 1 is 1.06 bits per heavy atom. The zero-order chi connectivity index (χ0) is 23.8. The molecular formula is C26H27N5O3. The van der Waals surface area contributed by atoms with Crippen molar-refractivity contribution in [2.45, 2.75) is 19.9 Å².